The van der Waals surface area contributed by atoms with Gasteiger partial charge in [0.1, 0.15) is 4.90 Å². The lowest BCUT2D eigenvalue weighted by molar-refractivity contribution is -0.200. The van der Waals surface area contributed by atoms with Gasteiger partial charge in [-0.25, -0.2) is 13.1 Å². The molecule has 108 valence electrons. The number of nitrogen functional groups attached to an aromatic ring is 1. The van der Waals surface area contributed by atoms with Crippen LogP contribution in [0.1, 0.15) is 0 Å². The van der Waals surface area contributed by atoms with Crippen LogP contribution in [0.3, 0.4) is 0 Å². The van der Waals surface area contributed by atoms with Gasteiger partial charge in [-0.05, 0) is 18.2 Å². The normalized spacial score (nSPS) is 14.4. The lowest BCUT2D eigenvalue weighted by Gasteiger charge is -2.15. The molecule has 0 heterocycles. The molecule has 4 N–H and O–H groups in total. The summed E-state index contributed by atoms with van der Waals surface area (Å²) in [7, 11) is -4.26. The van der Waals surface area contributed by atoms with Crippen LogP contribution in [0.5, 0.6) is 0 Å². The Morgan fingerprint density at radius 1 is 1.42 bits per heavy atom. The first-order chi connectivity index (χ1) is 8.54. The molecular formula is C9H10ClF3N2O3S. The van der Waals surface area contributed by atoms with Gasteiger partial charge >= 0.3 is 6.18 Å². The lowest BCUT2D eigenvalue weighted by Crippen LogP contribution is -2.40. The zero-order chi connectivity index (χ0) is 14.8. The van der Waals surface area contributed by atoms with E-state index in [9.17, 15) is 21.6 Å². The van der Waals surface area contributed by atoms with Gasteiger partial charge < -0.3 is 10.8 Å². The van der Waals surface area contributed by atoms with Crippen molar-refractivity contribution >= 4 is 27.3 Å². The van der Waals surface area contributed by atoms with Crippen LogP contribution < -0.4 is 10.5 Å². The summed E-state index contributed by atoms with van der Waals surface area (Å²) in [4.78, 5) is -0.411. The van der Waals surface area contributed by atoms with Gasteiger partial charge in [-0.15, -0.1) is 0 Å². The molecule has 1 rings (SSSR count). The molecule has 0 aliphatic heterocycles. The number of aliphatic hydroxyl groups is 1. The molecule has 1 aromatic rings. The maximum Gasteiger partial charge on any atom is 0.415 e. The van der Waals surface area contributed by atoms with Crippen molar-refractivity contribution in [2.45, 2.75) is 17.2 Å². The average Bonchev–Trinajstić information content (AvgIpc) is 2.24. The molecule has 1 atom stereocenters. The topological polar surface area (TPSA) is 92.4 Å². The van der Waals surface area contributed by atoms with Crippen LogP contribution in [0, 0.1) is 0 Å². The second-order valence-corrected chi connectivity index (χ2v) is 5.76. The van der Waals surface area contributed by atoms with E-state index in [0.29, 0.717) is 0 Å². The Hall–Kier alpha value is -1.03. The fraction of sp³-hybridized carbons (Fsp3) is 0.333. The van der Waals surface area contributed by atoms with Crippen molar-refractivity contribution < 1.29 is 26.7 Å². The summed E-state index contributed by atoms with van der Waals surface area (Å²) in [6.45, 7) is -1.20. The largest absolute Gasteiger partial charge is 0.415 e. The number of aliphatic hydroxyl groups excluding tert-OH is 1. The van der Waals surface area contributed by atoms with E-state index in [-0.39, 0.29) is 10.7 Å². The number of rotatable bonds is 4. The lowest BCUT2D eigenvalue weighted by atomic mass is 10.3. The summed E-state index contributed by atoms with van der Waals surface area (Å²) in [6.07, 6.45) is -7.70. The number of anilines is 1. The molecule has 0 aromatic heterocycles. The van der Waals surface area contributed by atoms with E-state index in [1.54, 1.807) is 4.72 Å². The molecule has 0 aliphatic carbocycles. The molecule has 0 saturated heterocycles. The Labute approximate surface area is 112 Å². The second-order valence-electron chi connectivity index (χ2n) is 3.59. The van der Waals surface area contributed by atoms with Gasteiger partial charge in [0.2, 0.25) is 10.0 Å². The molecule has 0 fully saturated rings. The third-order valence-electron chi connectivity index (χ3n) is 2.11. The van der Waals surface area contributed by atoms with Crippen molar-refractivity contribution in [1.29, 1.82) is 0 Å². The fourth-order valence-corrected chi connectivity index (χ4v) is 2.48. The highest BCUT2D eigenvalue weighted by molar-refractivity contribution is 7.89. The highest BCUT2D eigenvalue weighted by Crippen LogP contribution is 2.23. The predicted molar refractivity (Wildman–Crippen MR) is 63.1 cm³/mol. The monoisotopic (exact) mass is 318 g/mol. The van der Waals surface area contributed by atoms with Crippen molar-refractivity contribution in [1.82, 2.24) is 4.72 Å². The number of halogens is 4. The van der Waals surface area contributed by atoms with E-state index in [4.69, 9.17) is 22.4 Å². The zero-order valence-corrected chi connectivity index (χ0v) is 10.9. The minimum atomic E-state index is -4.91. The number of sulfonamides is 1. The first kappa shape index (κ1) is 16.0. The second kappa shape index (κ2) is 5.53. The van der Waals surface area contributed by atoms with Crippen LogP contribution in [0.2, 0.25) is 5.02 Å². The first-order valence-corrected chi connectivity index (χ1v) is 6.69. The van der Waals surface area contributed by atoms with Crippen molar-refractivity contribution in [2.75, 3.05) is 12.3 Å². The number of alkyl halides is 3. The smallest absolute Gasteiger partial charge is 0.398 e. The van der Waals surface area contributed by atoms with Gasteiger partial charge in [0, 0.05) is 11.6 Å². The van der Waals surface area contributed by atoms with Crippen LogP contribution >= 0.6 is 11.6 Å². The van der Waals surface area contributed by atoms with Crippen molar-refractivity contribution in [3.8, 4) is 0 Å². The molecule has 5 nitrogen and oxygen atoms in total. The molecule has 10 heteroatoms. The standard InChI is InChI=1S/C9H10ClF3N2O3S/c10-5-1-2-7(6(14)3-5)19(17,18)15-4-8(16)9(11,12)13/h1-3,8,15-16H,4,14H2. The molecule has 19 heavy (non-hydrogen) atoms. The molecule has 0 bridgehead atoms. The molecule has 0 amide bonds. The van der Waals surface area contributed by atoms with Crippen molar-refractivity contribution in [3.05, 3.63) is 23.2 Å². The number of nitrogens with one attached hydrogen (secondary N) is 1. The fourth-order valence-electron chi connectivity index (χ4n) is 1.15. The van der Waals surface area contributed by atoms with Gasteiger partial charge in [-0.3, -0.25) is 0 Å². The number of hydrogen-bond donors (Lipinski definition) is 3. The first-order valence-electron chi connectivity index (χ1n) is 4.83. The van der Waals surface area contributed by atoms with Gasteiger partial charge in [-0.1, -0.05) is 11.6 Å². The molecule has 1 aromatic carbocycles. The highest BCUT2D eigenvalue weighted by Gasteiger charge is 2.38. The molecule has 0 spiro atoms. The minimum Gasteiger partial charge on any atom is -0.398 e. The summed E-state index contributed by atoms with van der Waals surface area (Å²) in [5.74, 6) is 0. The zero-order valence-electron chi connectivity index (χ0n) is 9.28. The van der Waals surface area contributed by atoms with E-state index < -0.39 is 33.7 Å². The molecule has 0 aliphatic rings. The van der Waals surface area contributed by atoms with Gasteiger partial charge in [0.05, 0.1) is 5.69 Å². The minimum absolute atomic E-state index is 0.187. The maximum absolute atomic E-state index is 12.0. The predicted octanol–water partition coefficient (Wildman–Crippen LogP) is 1.12. The van der Waals surface area contributed by atoms with Gasteiger partial charge in [-0.2, -0.15) is 13.2 Å². The van der Waals surface area contributed by atoms with E-state index in [2.05, 4.69) is 0 Å². The quantitative estimate of drug-likeness (QED) is 0.725. The summed E-state index contributed by atoms with van der Waals surface area (Å²) in [6, 6.07) is 3.43. The summed E-state index contributed by atoms with van der Waals surface area (Å²) >= 11 is 5.57. The van der Waals surface area contributed by atoms with Crippen LogP contribution in [0.25, 0.3) is 0 Å². The maximum atomic E-state index is 12.0. The van der Waals surface area contributed by atoms with E-state index in [0.717, 1.165) is 12.1 Å². The van der Waals surface area contributed by atoms with Crippen LogP contribution in [-0.4, -0.2) is 32.3 Å². The van der Waals surface area contributed by atoms with Crippen LogP contribution in [0.15, 0.2) is 23.1 Å². The molecule has 1 unspecified atom stereocenters. The summed E-state index contributed by atoms with van der Waals surface area (Å²) < 4.78 is 61.1. The SMILES string of the molecule is Nc1cc(Cl)ccc1S(=O)(=O)NCC(O)C(F)(F)F. The third kappa shape index (κ3) is 4.23. The van der Waals surface area contributed by atoms with Crippen LogP contribution in [-0.2, 0) is 10.0 Å². The highest BCUT2D eigenvalue weighted by atomic mass is 35.5. The number of benzene rings is 1. The van der Waals surface area contributed by atoms with E-state index in [1.807, 2.05) is 0 Å². The number of hydrogen-bond acceptors (Lipinski definition) is 4. The van der Waals surface area contributed by atoms with Crippen molar-refractivity contribution in [3.63, 3.8) is 0 Å². The van der Waals surface area contributed by atoms with Gasteiger partial charge in [0.15, 0.2) is 6.10 Å². The molecular weight excluding hydrogens is 309 g/mol. The van der Waals surface area contributed by atoms with E-state index >= 15 is 0 Å². The summed E-state index contributed by atoms with van der Waals surface area (Å²) in [5.41, 5.74) is 5.20. The molecule has 0 radical (unpaired) electrons. The Kier molecular flexibility index (Phi) is 4.67. The Bertz CT molecular complexity index is 562. The Balaban J connectivity index is 2.88. The van der Waals surface area contributed by atoms with Gasteiger partial charge in [0.25, 0.3) is 0 Å². The van der Waals surface area contributed by atoms with Crippen LogP contribution in [0.4, 0.5) is 18.9 Å². The Morgan fingerprint density at radius 2 is 2.00 bits per heavy atom. The average molecular weight is 319 g/mol. The van der Waals surface area contributed by atoms with Crippen molar-refractivity contribution in [2.24, 2.45) is 0 Å². The molecule has 0 saturated carbocycles. The third-order valence-corrected chi connectivity index (χ3v) is 3.84. The number of nitrogens with two attached hydrogens (primary N) is 1. The van der Waals surface area contributed by atoms with E-state index in [1.165, 1.54) is 6.07 Å². The Morgan fingerprint density at radius 3 is 2.47 bits per heavy atom. The summed E-state index contributed by atoms with van der Waals surface area (Å²) in [5, 5.41) is 8.89.